The fourth-order valence-electron chi connectivity index (χ4n) is 5.02. The third-order valence-electron chi connectivity index (χ3n) is 6.64. The van der Waals surface area contributed by atoms with Crippen LogP contribution in [0.25, 0.3) is 0 Å². The highest BCUT2D eigenvalue weighted by Crippen LogP contribution is 2.40. The van der Waals surface area contributed by atoms with Gasteiger partial charge in [0.2, 0.25) is 5.91 Å². The first-order chi connectivity index (χ1) is 15.8. The molecular formula is C28H29NO3. The van der Waals surface area contributed by atoms with E-state index in [1.54, 1.807) is 0 Å². The highest BCUT2D eigenvalue weighted by Gasteiger charge is 2.45. The van der Waals surface area contributed by atoms with Gasteiger partial charge in [0.1, 0.15) is 25.1 Å². The molecule has 2 fully saturated rings. The maximum atomic E-state index is 12.7. The van der Waals surface area contributed by atoms with Gasteiger partial charge in [0.15, 0.2) is 0 Å². The van der Waals surface area contributed by atoms with Gasteiger partial charge in [-0.1, -0.05) is 72.8 Å². The Morgan fingerprint density at radius 1 is 0.844 bits per heavy atom. The quantitative estimate of drug-likeness (QED) is 0.512. The molecular weight excluding hydrogens is 398 g/mol. The Bertz CT molecular complexity index is 1020. The number of hydrogen-bond acceptors (Lipinski definition) is 3. The Kier molecular flexibility index (Phi) is 6.22. The first-order valence-electron chi connectivity index (χ1n) is 11.5. The van der Waals surface area contributed by atoms with Gasteiger partial charge >= 0.3 is 0 Å². The Morgan fingerprint density at radius 3 is 2.25 bits per heavy atom. The topological polar surface area (TPSA) is 38.8 Å². The van der Waals surface area contributed by atoms with Crippen molar-refractivity contribution in [3.8, 4) is 5.75 Å². The van der Waals surface area contributed by atoms with Gasteiger partial charge in [-0.15, -0.1) is 0 Å². The zero-order chi connectivity index (χ0) is 21.8. The second kappa shape index (κ2) is 9.58. The zero-order valence-corrected chi connectivity index (χ0v) is 18.2. The Hall–Kier alpha value is -3.11. The number of carbonyl (C=O) groups excluding carboxylic acids is 1. The first kappa shape index (κ1) is 20.8. The Balaban J connectivity index is 1.23. The van der Waals surface area contributed by atoms with E-state index in [-0.39, 0.29) is 24.7 Å². The molecule has 32 heavy (non-hydrogen) atoms. The summed E-state index contributed by atoms with van der Waals surface area (Å²) in [6, 6.07) is 29.3. The molecule has 0 aliphatic carbocycles. The second-order valence-electron chi connectivity index (χ2n) is 8.70. The molecule has 5 rings (SSSR count). The average Bonchev–Trinajstić information content (AvgIpc) is 3.28. The summed E-state index contributed by atoms with van der Waals surface area (Å²) in [7, 11) is 0. The van der Waals surface area contributed by atoms with Crippen LogP contribution in [0.5, 0.6) is 5.75 Å². The van der Waals surface area contributed by atoms with E-state index in [9.17, 15) is 4.79 Å². The molecule has 4 heteroatoms. The van der Waals surface area contributed by atoms with Gasteiger partial charge in [0, 0.05) is 6.04 Å². The largest absolute Gasteiger partial charge is 0.489 e. The monoisotopic (exact) mass is 427 g/mol. The lowest BCUT2D eigenvalue weighted by molar-refractivity contribution is -0.157. The highest BCUT2D eigenvalue weighted by molar-refractivity contribution is 5.79. The van der Waals surface area contributed by atoms with Crippen LogP contribution in [0.1, 0.15) is 42.1 Å². The summed E-state index contributed by atoms with van der Waals surface area (Å²) < 4.78 is 12.0. The minimum absolute atomic E-state index is 0.0717. The van der Waals surface area contributed by atoms with Crippen LogP contribution in [0.2, 0.25) is 0 Å². The number of hydrogen-bond donors (Lipinski definition) is 0. The van der Waals surface area contributed by atoms with Crippen LogP contribution in [-0.2, 0) is 22.6 Å². The van der Waals surface area contributed by atoms with Gasteiger partial charge < -0.3 is 14.4 Å². The smallest absolute Gasteiger partial charge is 0.249 e. The molecule has 0 radical (unpaired) electrons. The van der Waals surface area contributed by atoms with Gasteiger partial charge in [-0.2, -0.15) is 0 Å². The van der Waals surface area contributed by atoms with Crippen molar-refractivity contribution in [2.45, 2.75) is 50.5 Å². The van der Waals surface area contributed by atoms with Gasteiger partial charge in [0.25, 0.3) is 0 Å². The normalized spacial score (nSPS) is 22.6. The van der Waals surface area contributed by atoms with Gasteiger partial charge in [-0.05, 0) is 54.5 Å². The van der Waals surface area contributed by atoms with Crippen LogP contribution in [0.4, 0.5) is 0 Å². The number of ether oxygens (including phenoxy) is 2. The molecule has 0 bridgehead atoms. The second-order valence-corrected chi connectivity index (χ2v) is 8.70. The van der Waals surface area contributed by atoms with Crippen molar-refractivity contribution >= 4 is 5.91 Å². The maximum absolute atomic E-state index is 12.7. The van der Waals surface area contributed by atoms with E-state index < -0.39 is 0 Å². The first-order valence-corrected chi connectivity index (χ1v) is 11.5. The minimum atomic E-state index is -0.0717. The summed E-state index contributed by atoms with van der Waals surface area (Å²) in [5.41, 5.74) is 3.59. The lowest BCUT2D eigenvalue weighted by Crippen LogP contribution is -2.50. The number of aryl methyl sites for hydroxylation is 1. The SMILES string of the molecule is O=C1CO[C@H](c2ccc(OCc3ccccc3)cc2)[C@@H]2CC[C@@H](CCc3ccccc3)N12. The zero-order valence-electron chi connectivity index (χ0n) is 18.2. The molecule has 2 heterocycles. The predicted molar refractivity (Wildman–Crippen MR) is 124 cm³/mol. The molecule has 1 amide bonds. The number of morpholine rings is 1. The summed E-state index contributed by atoms with van der Waals surface area (Å²) >= 11 is 0. The molecule has 2 saturated heterocycles. The predicted octanol–water partition coefficient (Wildman–Crippen LogP) is 5.33. The van der Waals surface area contributed by atoms with E-state index in [0.29, 0.717) is 12.6 Å². The van der Waals surface area contributed by atoms with Crippen LogP contribution in [-0.4, -0.2) is 29.5 Å². The molecule has 3 aromatic rings. The Labute approximate surface area is 189 Å². The number of benzene rings is 3. The van der Waals surface area contributed by atoms with Crippen molar-refractivity contribution in [3.63, 3.8) is 0 Å². The molecule has 3 aromatic carbocycles. The van der Waals surface area contributed by atoms with E-state index in [0.717, 1.165) is 42.6 Å². The van der Waals surface area contributed by atoms with Crippen molar-refractivity contribution in [2.75, 3.05) is 6.61 Å². The van der Waals surface area contributed by atoms with Gasteiger partial charge in [0.05, 0.1) is 6.04 Å². The van der Waals surface area contributed by atoms with Crippen molar-refractivity contribution in [3.05, 3.63) is 102 Å². The van der Waals surface area contributed by atoms with E-state index in [4.69, 9.17) is 9.47 Å². The lowest BCUT2D eigenvalue weighted by Gasteiger charge is -2.39. The molecule has 0 spiro atoms. The summed E-state index contributed by atoms with van der Waals surface area (Å²) in [6.45, 7) is 0.712. The molecule has 4 nitrogen and oxygen atoms in total. The molecule has 2 aliphatic rings. The number of amides is 1. The van der Waals surface area contributed by atoms with E-state index in [1.165, 1.54) is 5.56 Å². The van der Waals surface area contributed by atoms with Crippen LogP contribution in [0.15, 0.2) is 84.9 Å². The molecule has 2 aliphatic heterocycles. The van der Waals surface area contributed by atoms with Crippen molar-refractivity contribution < 1.29 is 14.3 Å². The van der Waals surface area contributed by atoms with Crippen molar-refractivity contribution in [2.24, 2.45) is 0 Å². The molecule has 3 atom stereocenters. The van der Waals surface area contributed by atoms with Crippen molar-refractivity contribution in [1.82, 2.24) is 4.90 Å². The lowest BCUT2D eigenvalue weighted by atomic mass is 9.98. The van der Waals surface area contributed by atoms with Crippen molar-refractivity contribution in [1.29, 1.82) is 0 Å². The molecule has 0 saturated carbocycles. The molecule has 0 aromatic heterocycles. The molecule has 0 unspecified atom stereocenters. The van der Waals surface area contributed by atoms with E-state index >= 15 is 0 Å². The summed E-state index contributed by atoms with van der Waals surface area (Å²) in [5.74, 6) is 0.970. The van der Waals surface area contributed by atoms with Crippen LogP contribution >= 0.6 is 0 Å². The van der Waals surface area contributed by atoms with Gasteiger partial charge in [-0.3, -0.25) is 4.79 Å². The summed E-state index contributed by atoms with van der Waals surface area (Å²) in [4.78, 5) is 14.9. The van der Waals surface area contributed by atoms with E-state index in [2.05, 4.69) is 53.4 Å². The van der Waals surface area contributed by atoms with Gasteiger partial charge in [-0.25, -0.2) is 0 Å². The fourth-order valence-corrected chi connectivity index (χ4v) is 5.02. The highest BCUT2D eigenvalue weighted by atomic mass is 16.5. The Morgan fingerprint density at radius 2 is 1.53 bits per heavy atom. The molecule has 164 valence electrons. The third-order valence-corrected chi connectivity index (χ3v) is 6.64. The number of rotatable bonds is 7. The standard InChI is InChI=1S/C28H29NO3/c30-27-20-32-28(23-12-16-25(17-13-23)31-19-22-9-5-2-6-10-22)26-18-15-24(29(26)27)14-11-21-7-3-1-4-8-21/h1-10,12-13,16-17,24,26,28H,11,14-15,18-20H2/t24-,26+,28-/m1/s1. The third kappa shape index (κ3) is 4.56. The summed E-state index contributed by atoms with van der Waals surface area (Å²) in [5, 5.41) is 0. The van der Waals surface area contributed by atoms with Crippen LogP contribution < -0.4 is 4.74 Å². The van der Waals surface area contributed by atoms with Crippen LogP contribution in [0.3, 0.4) is 0 Å². The van der Waals surface area contributed by atoms with E-state index in [1.807, 2.05) is 36.4 Å². The molecule has 0 N–H and O–H groups in total. The maximum Gasteiger partial charge on any atom is 0.249 e. The summed E-state index contributed by atoms with van der Waals surface area (Å²) in [6.07, 6.45) is 3.97. The minimum Gasteiger partial charge on any atom is -0.489 e. The number of nitrogens with zero attached hydrogens (tertiary/aromatic N) is 1. The van der Waals surface area contributed by atoms with Crippen LogP contribution in [0, 0.1) is 0 Å². The fraction of sp³-hybridized carbons (Fsp3) is 0.321. The average molecular weight is 428 g/mol. The number of carbonyl (C=O) groups is 1. The number of fused-ring (bicyclic) bond motifs is 1.